The van der Waals surface area contributed by atoms with Gasteiger partial charge in [0.25, 0.3) is 0 Å². The predicted molar refractivity (Wildman–Crippen MR) is 74.5 cm³/mol. The van der Waals surface area contributed by atoms with Gasteiger partial charge < -0.3 is 5.32 Å². The first kappa shape index (κ1) is 15.0. The smallest absolute Gasteiger partial charge is 0.244 e. The van der Waals surface area contributed by atoms with Gasteiger partial charge in [-0.15, -0.1) is 0 Å². The molecule has 20 heavy (non-hydrogen) atoms. The molecule has 0 bridgehead atoms. The Labute approximate surface area is 119 Å². The van der Waals surface area contributed by atoms with Crippen molar-refractivity contribution in [2.45, 2.75) is 31.8 Å². The van der Waals surface area contributed by atoms with E-state index in [0.717, 1.165) is 0 Å². The largest absolute Gasteiger partial charge is 0.351 e. The zero-order valence-electron chi connectivity index (χ0n) is 11.7. The van der Waals surface area contributed by atoms with Gasteiger partial charge in [-0.1, -0.05) is 0 Å². The van der Waals surface area contributed by atoms with Crippen LogP contribution in [-0.4, -0.2) is 53.8 Å². The molecule has 1 aliphatic rings. The van der Waals surface area contributed by atoms with E-state index in [0.29, 0.717) is 25.9 Å². The molecule has 1 N–H and O–H groups in total. The van der Waals surface area contributed by atoms with Crippen molar-refractivity contribution in [1.82, 2.24) is 19.4 Å². The molecule has 0 aromatic carbocycles. The highest BCUT2D eigenvalue weighted by molar-refractivity contribution is 7.88. The Morgan fingerprint density at radius 2 is 2.05 bits per heavy atom. The SMILES string of the molecule is CC(C(=O)NC1CCN(S(C)(=O)=O)CC1)n1cccn1. The van der Waals surface area contributed by atoms with Gasteiger partial charge in [0.2, 0.25) is 15.9 Å². The Morgan fingerprint density at radius 3 is 2.55 bits per heavy atom. The minimum atomic E-state index is -3.12. The lowest BCUT2D eigenvalue weighted by molar-refractivity contribution is -0.125. The highest BCUT2D eigenvalue weighted by Gasteiger charge is 2.27. The summed E-state index contributed by atoms with van der Waals surface area (Å²) in [6.07, 6.45) is 5.88. The summed E-state index contributed by atoms with van der Waals surface area (Å²) in [5.74, 6) is -0.0912. The molecule has 0 radical (unpaired) electrons. The van der Waals surface area contributed by atoms with Crippen molar-refractivity contribution in [3.8, 4) is 0 Å². The van der Waals surface area contributed by atoms with Gasteiger partial charge in [0, 0.05) is 31.5 Å². The second-order valence-corrected chi connectivity index (χ2v) is 7.09. The maximum Gasteiger partial charge on any atom is 0.244 e. The summed E-state index contributed by atoms with van der Waals surface area (Å²) in [4.78, 5) is 12.1. The monoisotopic (exact) mass is 300 g/mol. The number of sulfonamides is 1. The second kappa shape index (κ2) is 5.92. The molecule has 1 unspecified atom stereocenters. The van der Waals surface area contributed by atoms with Gasteiger partial charge in [-0.05, 0) is 25.8 Å². The minimum absolute atomic E-state index is 0.0264. The summed E-state index contributed by atoms with van der Waals surface area (Å²) in [7, 11) is -3.12. The molecule has 1 fully saturated rings. The number of rotatable bonds is 4. The number of aromatic nitrogens is 2. The molecule has 1 aromatic rings. The molecule has 1 saturated heterocycles. The van der Waals surface area contributed by atoms with Crippen molar-refractivity contribution >= 4 is 15.9 Å². The molecule has 2 heterocycles. The zero-order valence-corrected chi connectivity index (χ0v) is 12.5. The molecule has 7 nitrogen and oxygen atoms in total. The van der Waals surface area contributed by atoms with E-state index in [-0.39, 0.29) is 18.0 Å². The second-order valence-electron chi connectivity index (χ2n) is 5.11. The number of hydrogen-bond donors (Lipinski definition) is 1. The van der Waals surface area contributed by atoms with E-state index in [9.17, 15) is 13.2 Å². The lowest BCUT2D eigenvalue weighted by Gasteiger charge is -2.31. The predicted octanol–water partition coefficient (Wildman–Crippen LogP) is -0.0157. The van der Waals surface area contributed by atoms with E-state index in [2.05, 4.69) is 10.4 Å². The van der Waals surface area contributed by atoms with Crippen LogP contribution >= 0.6 is 0 Å². The summed E-state index contributed by atoms with van der Waals surface area (Å²) >= 11 is 0. The summed E-state index contributed by atoms with van der Waals surface area (Å²) in [6, 6.07) is 1.44. The van der Waals surface area contributed by atoms with Crippen LogP contribution in [0.5, 0.6) is 0 Å². The Kier molecular flexibility index (Phi) is 4.44. The first-order valence-electron chi connectivity index (χ1n) is 6.62. The third-order valence-electron chi connectivity index (χ3n) is 3.57. The average Bonchev–Trinajstić information content (AvgIpc) is 2.91. The van der Waals surface area contributed by atoms with E-state index in [4.69, 9.17) is 0 Å². The minimum Gasteiger partial charge on any atom is -0.351 e. The molecule has 1 atom stereocenters. The van der Waals surface area contributed by atoms with Crippen molar-refractivity contribution in [2.75, 3.05) is 19.3 Å². The lowest BCUT2D eigenvalue weighted by Crippen LogP contribution is -2.47. The standard InChI is InChI=1S/C12H20N4O3S/c1-10(16-7-3-6-13-16)12(17)14-11-4-8-15(9-5-11)20(2,18)19/h3,6-7,10-11H,4-5,8-9H2,1-2H3,(H,14,17). The van der Waals surface area contributed by atoms with E-state index < -0.39 is 10.0 Å². The summed E-state index contributed by atoms with van der Waals surface area (Å²) in [5, 5.41) is 7.00. The number of nitrogens with zero attached hydrogens (tertiary/aromatic N) is 3. The molecule has 1 amide bonds. The van der Waals surface area contributed by atoms with E-state index in [1.54, 1.807) is 30.1 Å². The fourth-order valence-corrected chi connectivity index (χ4v) is 3.16. The number of amides is 1. The van der Waals surface area contributed by atoms with Crippen molar-refractivity contribution in [3.63, 3.8) is 0 Å². The Hall–Kier alpha value is -1.41. The molecule has 8 heteroatoms. The van der Waals surface area contributed by atoms with Crippen molar-refractivity contribution < 1.29 is 13.2 Å². The van der Waals surface area contributed by atoms with Gasteiger partial charge in [-0.3, -0.25) is 9.48 Å². The maximum absolute atomic E-state index is 12.1. The summed E-state index contributed by atoms with van der Waals surface area (Å²) < 4.78 is 25.9. The molecule has 0 saturated carbocycles. The van der Waals surface area contributed by atoms with E-state index in [1.165, 1.54) is 10.6 Å². The Morgan fingerprint density at radius 1 is 1.40 bits per heavy atom. The van der Waals surface area contributed by atoms with Crippen LogP contribution in [0.4, 0.5) is 0 Å². The molecule has 2 rings (SSSR count). The highest BCUT2D eigenvalue weighted by atomic mass is 32.2. The van der Waals surface area contributed by atoms with E-state index >= 15 is 0 Å². The van der Waals surface area contributed by atoms with Crippen LogP contribution < -0.4 is 5.32 Å². The van der Waals surface area contributed by atoms with E-state index in [1.807, 2.05) is 0 Å². The molecular formula is C12H20N4O3S. The first-order valence-corrected chi connectivity index (χ1v) is 8.47. The Bertz CT molecular complexity index is 547. The topological polar surface area (TPSA) is 84.3 Å². The van der Waals surface area contributed by atoms with Gasteiger partial charge in [-0.2, -0.15) is 5.10 Å². The number of nitrogens with one attached hydrogen (secondary N) is 1. The van der Waals surface area contributed by atoms with Gasteiger partial charge in [0.1, 0.15) is 6.04 Å². The lowest BCUT2D eigenvalue weighted by atomic mass is 10.1. The number of carbonyl (C=O) groups excluding carboxylic acids is 1. The first-order chi connectivity index (χ1) is 9.38. The number of piperidine rings is 1. The fourth-order valence-electron chi connectivity index (χ4n) is 2.28. The van der Waals surface area contributed by atoms with Crippen molar-refractivity contribution in [3.05, 3.63) is 18.5 Å². The molecule has 112 valence electrons. The van der Waals surface area contributed by atoms with Gasteiger partial charge >= 0.3 is 0 Å². The van der Waals surface area contributed by atoms with Crippen LogP contribution in [0.3, 0.4) is 0 Å². The third-order valence-corrected chi connectivity index (χ3v) is 4.87. The normalized spacial score (nSPS) is 19.7. The van der Waals surface area contributed by atoms with Crippen LogP contribution in [0, 0.1) is 0 Å². The third kappa shape index (κ3) is 3.57. The van der Waals surface area contributed by atoms with Crippen LogP contribution in [-0.2, 0) is 14.8 Å². The summed E-state index contributed by atoms with van der Waals surface area (Å²) in [5.41, 5.74) is 0. The summed E-state index contributed by atoms with van der Waals surface area (Å²) in [6.45, 7) is 2.70. The van der Waals surface area contributed by atoms with Crippen molar-refractivity contribution in [1.29, 1.82) is 0 Å². The average molecular weight is 300 g/mol. The Balaban J connectivity index is 1.85. The number of carbonyl (C=O) groups is 1. The highest BCUT2D eigenvalue weighted by Crippen LogP contribution is 2.14. The van der Waals surface area contributed by atoms with Gasteiger partial charge in [-0.25, -0.2) is 12.7 Å². The van der Waals surface area contributed by atoms with Crippen LogP contribution in [0.2, 0.25) is 0 Å². The van der Waals surface area contributed by atoms with Gasteiger partial charge in [0.05, 0.1) is 6.26 Å². The fraction of sp³-hybridized carbons (Fsp3) is 0.667. The van der Waals surface area contributed by atoms with Crippen LogP contribution in [0.15, 0.2) is 18.5 Å². The van der Waals surface area contributed by atoms with Crippen LogP contribution in [0.1, 0.15) is 25.8 Å². The number of hydrogen-bond acceptors (Lipinski definition) is 4. The quantitative estimate of drug-likeness (QED) is 0.847. The van der Waals surface area contributed by atoms with Crippen molar-refractivity contribution in [2.24, 2.45) is 0 Å². The maximum atomic E-state index is 12.1. The van der Waals surface area contributed by atoms with Gasteiger partial charge in [0.15, 0.2) is 0 Å². The zero-order chi connectivity index (χ0) is 14.8. The molecule has 1 aromatic heterocycles. The molecular weight excluding hydrogens is 280 g/mol. The molecule has 0 spiro atoms. The molecule has 0 aliphatic carbocycles. The molecule has 1 aliphatic heterocycles. The van der Waals surface area contributed by atoms with Crippen LogP contribution in [0.25, 0.3) is 0 Å².